The molecule has 1 aliphatic rings. The van der Waals surface area contributed by atoms with E-state index in [0.29, 0.717) is 12.6 Å². The van der Waals surface area contributed by atoms with Crippen molar-refractivity contribution in [3.05, 3.63) is 24.5 Å². The van der Waals surface area contributed by atoms with Gasteiger partial charge in [0.2, 0.25) is 0 Å². The Morgan fingerprint density at radius 3 is 3.25 bits per heavy atom. The van der Waals surface area contributed by atoms with Crippen molar-refractivity contribution in [1.29, 1.82) is 0 Å². The van der Waals surface area contributed by atoms with Crippen molar-refractivity contribution in [2.45, 2.75) is 18.9 Å². The van der Waals surface area contributed by atoms with Gasteiger partial charge in [-0.3, -0.25) is 0 Å². The summed E-state index contributed by atoms with van der Waals surface area (Å²) < 4.78 is 1.77. The average molecular weight is 217 g/mol. The number of hydrogen-bond acceptors (Lipinski definition) is 4. The SMILES string of the molecule is NCC1CCCN1c1ccn2nccc2n1. The van der Waals surface area contributed by atoms with E-state index in [1.165, 1.54) is 12.8 Å². The summed E-state index contributed by atoms with van der Waals surface area (Å²) in [6.07, 6.45) is 6.08. The van der Waals surface area contributed by atoms with Crippen LogP contribution >= 0.6 is 0 Å². The Morgan fingerprint density at radius 1 is 1.44 bits per heavy atom. The van der Waals surface area contributed by atoms with Crippen LogP contribution in [0.4, 0.5) is 5.82 Å². The fraction of sp³-hybridized carbons (Fsp3) is 0.455. The zero-order valence-corrected chi connectivity index (χ0v) is 9.08. The molecule has 1 atom stereocenters. The molecule has 5 nitrogen and oxygen atoms in total. The lowest BCUT2D eigenvalue weighted by atomic mass is 10.2. The van der Waals surface area contributed by atoms with Crippen LogP contribution in [0.1, 0.15) is 12.8 Å². The van der Waals surface area contributed by atoms with Crippen molar-refractivity contribution in [1.82, 2.24) is 14.6 Å². The topological polar surface area (TPSA) is 59.5 Å². The van der Waals surface area contributed by atoms with Gasteiger partial charge < -0.3 is 10.6 Å². The fourth-order valence-electron chi connectivity index (χ4n) is 2.34. The molecule has 2 aromatic rings. The van der Waals surface area contributed by atoms with Crippen molar-refractivity contribution in [2.24, 2.45) is 5.73 Å². The summed E-state index contributed by atoms with van der Waals surface area (Å²) in [7, 11) is 0. The van der Waals surface area contributed by atoms with Crippen molar-refractivity contribution < 1.29 is 0 Å². The maximum atomic E-state index is 5.77. The highest BCUT2D eigenvalue weighted by Crippen LogP contribution is 2.23. The Bertz CT molecular complexity index is 492. The van der Waals surface area contributed by atoms with Crippen molar-refractivity contribution in [2.75, 3.05) is 18.0 Å². The van der Waals surface area contributed by atoms with Crippen molar-refractivity contribution in [3.8, 4) is 0 Å². The number of hydrogen-bond donors (Lipinski definition) is 1. The summed E-state index contributed by atoms with van der Waals surface area (Å²) in [6.45, 7) is 1.76. The fourth-order valence-corrected chi connectivity index (χ4v) is 2.34. The summed E-state index contributed by atoms with van der Waals surface area (Å²) in [5, 5.41) is 4.14. The van der Waals surface area contributed by atoms with Gasteiger partial charge in [-0.1, -0.05) is 0 Å². The van der Waals surface area contributed by atoms with Gasteiger partial charge in [0, 0.05) is 31.4 Å². The van der Waals surface area contributed by atoms with Crippen LogP contribution in [0.15, 0.2) is 24.5 Å². The number of nitrogens with zero attached hydrogens (tertiary/aromatic N) is 4. The first kappa shape index (κ1) is 9.59. The van der Waals surface area contributed by atoms with E-state index in [1.54, 1.807) is 10.7 Å². The van der Waals surface area contributed by atoms with Crippen molar-refractivity contribution in [3.63, 3.8) is 0 Å². The zero-order chi connectivity index (χ0) is 11.0. The second kappa shape index (κ2) is 3.75. The van der Waals surface area contributed by atoms with Crippen LogP contribution in [0, 0.1) is 0 Å². The second-order valence-corrected chi connectivity index (χ2v) is 4.14. The predicted octanol–water partition coefficient (Wildman–Crippen LogP) is 0.657. The predicted molar refractivity (Wildman–Crippen MR) is 62.4 cm³/mol. The lowest BCUT2D eigenvalue weighted by molar-refractivity contribution is 0.671. The summed E-state index contributed by atoms with van der Waals surface area (Å²) in [6, 6.07) is 4.36. The monoisotopic (exact) mass is 217 g/mol. The van der Waals surface area contributed by atoms with Crippen LogP contribution in [-0.4, -0.2) is 33.7 Å². The standard InChI is InChI=1S/C11H15N5/c12-8-9-2-1-6-15(9)10-4-7-16-11(14-10)3-5-13-16/h3-5,7,9H,1-2,6,8,12H2. The van der Waals surface area contributed by atoms with Crippen molar-refractivity contribution >= 4 is 11.5 Å². The second-order valence-electron chi connectivity index (χ2n) is 4.14. The first-order chi connectivity index (χ1) is 7.88. The minimum Gasteiger partial charge on any atom is -0.352 e. The number of nitrogens with two attached hydrogens (primary N) is 1. The molecule has 0 spiro atoms. The third-order valence-electron chi connectivity index (χ3n) is 3.19. The highest BCUT2D eigenvalue weighted by atomic mass is 15.3. The van der Waals surface area contributed by atoms with Gasteiger partial charge in [0.15, 0.2) is 5.65 Å². The molecule has 84 valence electrons. The van der Waals surface area contributed by atoms with Crippen LogP contribution in [0.5, 0.6) is 0 Å². The molecular weight excluding hydrogens is 202 g/mol. The molecule has 1 fully saturated rings. The number of anilines is 1. The Labute approximate surface area is 93.9 Å². The van der Waals surface area contributed by atoms with E-state index in [4.69, 9.17) is 5.73 Å². The zero-order valence-electron chi connectivity index (χ0n) is 9.08. The smallest absolute Gasteiger partial charge is 0.157 e. The molecule has 0 aromatic carbocycles. The third-order valence-corrected chi connectivity index (χ3v) is 3.19. The highest BCUT2D eigenvalue weighted by molar-refractivity contribution is 5.48. The summed E-state index contributed by atoms with van der Waals surface area (Å²) in [5.41, 5.74) is 6.66. The first-order valence-corrected chi connectivity index (χ1v) is 5.65. The van der Waals surface area contributed by atoms with Crippen LogP contribution in [0.2, 0.25) is 0 Å². The van der Waals surface area contributed by atoms with E-state index in [-0.39, 0.29) is 0 Å². The molecule has 0 aliphatic carbocycles. The number of rotatable bonds is 2. The quantitative estimate of drug-likeness (QED) is 0.802. The van der Waals surface area contributed by atoms with Gasteiger partial charge in [0.1, 0.15) is 5.82 Å². The molecule has 0 amide bonds. The van der Waals surface area contributed by atoms with Crippen LogP contribution in [0.25, 0.3) is 5.65 Å². The Kier molecular flexibility index (Phi) is 2.25. The van der Waals surface area contributed by atoms with Crippen LogP contribution in [-0.2, 0) is 0 Å². The third kappa shape index (κ3) is 1.44. The minimum absolute atomic E-state index is 0.442. The maximum absolute atomic E-state index is 5.77. The molecule has 1 aliphatic heterocycles. The minimum atomic E-state index is 0.442. The molecule has 3 rings (SSSR count). The Balaban J connectivity index is 1.98. The van der Waals surface area contributed by atoms with E-state index >= 15 is 0 Å². The Hall–Kier alpha value is -1.62. The normalized spacial score (nSPS) is 20.8. The molecular formula is C11H15N5. The molecule has 0 saturated carbocycles. The molecule has 3 heterocycles. The summed E-state index contributed by atoms with van der Waals surface area (Å²) in [4.78, 5) is 6.88. The van der Waals surface area contributed by atoms with Gasteiger partial charge >= 0.3 is 0 Å². The maximum Gasteiger partial charge on any atom is 0.157 e. The van der Waals surface area contributed by atoms with Gasteiger partial charge in [-0.2, -0.15) is 5.10 Å². The summed E-state index contributed by atoms with van der Waals surface area (Å²) in [5.74, 6) is 1.01. The lowest BCUT2D eigenvalue weighted by Gasteiger charge is -2.24. The largest absolute Gasteiger partial charge is 0.352 e. The molecule has 2 aromatic heterocycles. The van der Waals surface area contributed by atoms with E-state index in [0.717, 1.165) is 18.0 Å². The van der Waals surface area contributed by atoms with E-state index in [9.17, 15) is 0 Å². The van der Waals surface area contributed by atoms with Crippen LogP contribution < -0.4 is 10.6 Å². The summed E-state index contributed by atoms with van der Waals surface area (Å²) >= 11 is 0. The molecule has 0 radical (unpaired) electrons. The van der Waals surface area contributed by atoms with Gasteiger partial charge in [0.05, 0.1) is 6.20 Å². The van der Waals surface area contributed by atoms with Crippen LogP contribution in [0.3, 0.4) is 0 Å². The number of fused-ring (bicyclic) bond motifs is 1. The highest BCUT2D eigenvalue weighted by Gasteiger charge is 2.24. The molecule has 16 heavy (non-hydrogen) atoms. The molecule has 5 heteroatoms. The van der Waals surface area contributed by atoms with Gasteiger partial charge in [-0.25, -0.2) is 9.50 Å². The van der Waals surface area contributed by atoms with Gasteiger partial charge in [0.25, 0.3) is 0 Å². The molecule has 1 saturated heterocycles. The van der Waals surface area contributed by atoms with E-state index in [1.807, 2.05) is 18.3 Å². The average Bonchev–Trinajstić information content (AvgIpc) is 2.96. The van der Waals surface area contributed by atoms with Gasteiger partial charge in [-0.05, 0) is 18.9 Å². The van der Waals surface area contributed by atoms with E-state index < -0.39 is 0 Å². The first-order valence-electron chi connectivity index (χ1n) is 5.65. The Morgan fingerprint density at radius 2 is 2.38 bits per heavy atom. The lowest BCUT2D eigenvalue weighted by Crippen LogP contribution is -2.35. The van der Waals surface area contributed by atoms with E-state index in [2.05, 4.69) is 15.0 Å². The number of aromatic nitrogens is 3. The van der Waals surface area contributed by atoms with Gasteiger partial charge in [-0.15, -0.1) is 0 Å². The molecule has 1 unspecified atom stereocenters. The molecule has 0 bridgehead atoms. The molecule has 2 N–H and O–H groups in total.